The molecule has 24 heavy (non-hydrogen) atoms. The third-order valence-electron chi connectivity index (χ3n) is 3.44. The molecule has 1 saturated heterocycles. The number of rotatable bonds is 4. The molecule has 1 atom stereocenters. The van der Waals surface area contributed by atoms with Gasteiger partial charge in [0, 0.05) is 12.2 Å². The number of carbonyl (C=O) groups excluding carboxylic acids is 4. The highest BCUT2D eigenvalue weighted by molar-refractivity contribution is 6.15. The third kappa shape index (κ3) is 3.50. The first-order valence-electron chi connectivity index (χ1n) is 7.33. The van der Waals surface area contributed by atoms with E-state index in [0.29, 0.717) is 12.2 Å². The summed E-state index contributed by atoms with van der Waals surface area (Å²) in [5.74, 6) is -1.83. The van der Waals surface area contributed by atoms with Crippen LogP contribution in [0.25, 0.3) is 0 Å². The van der Waals surface area contributed by atoms with Crippen molar-refractivity contribution in [3.05, 3.63) is 30.1 Å². The van der Waals surface area contributed by atoms with Crippen LogP contribution in [0, 0.1) is 5.82 Å². The lowest BCUT2D eigenvalue weighted by molar-refractivity contribution is -0.131. The molecule has 0 aliphatic carbocycles. The second kappa shape index (κ2) is 7.07. The summed E-state index contributed by atoms with van der Waals surface area (Å²) in [4.78, 5) is 49.6. The summed E-state index contributed by atoms with van der Waals surface area (Å²) in [6.45, 7) is 2.94. The number of benzene rings is 1. The van der Waals surface area contributed by atoms with Gasteiger partial charge in [0.15, 0.2) is 0 Å². The molecule has 1 aliphatic rings. The smallest absolute Gasteiger partial charge is 0.332 e. The van der Waals surface area contributed by atoms with Gasteiger partial charge in [-0.2, -0.15) is 0 Å². The minimum Gasteiger partial charge on any atom is -0.338 e. The zero-order valence-corrected chi connectivity index (χ0v) is 13.2. The molecule has 1 heterocycles. The van der Waals surface area contributed by atoms with E-state index in [2.05, 4.69) is 5.32 Å². The van der Waals surface area contributed by atoms with Gasteiger partial charge in [-0.15, -0.1) is 0 Å². The van der Waals surface area contributed by atoms with Crippen molar-refractivity contribution in [1.29, 1.82) is 0 Å². The van der Waals surface area contributed by atoms with Crippen LogP contribution in [0.3, 0.4) is 0 Å². The van der Waals surface area contributed by atoms with E-state index < -0.39 is 42.3 Å². The standard InChI is InChI=1S/C15H17FN4O4/c1-3-17-14(23)18-12(21)8-19-13(22)9(2)20(15(19)24)11-6-4-10(16)5-7-11/h4-7,9H,3,8H2,1-2H3,(H2,17,18,21,23)/t9-/m1/s1. The second-order valence-electron chi connectivity index (χ2n) is 5.14. The lowest BCUT2D eigenvalue weighted by Crippen LogP contribution is -2.46. The Bertz CT molecular complexity index is 677. The Labute approximate surface area is 137 Å². The first-order valence-corrected chi connectivity index (χ1v) is 7.33. The zero-order valence-electron chi connectivity index (χ0n) is 13.2. The maximum atomic E-state index is 13.0. The van der Waals surface area contributed by atoms with Crippen LogP contribution in [0.5, 0.6) is 0 Å². The Kier molecular flexibility index (Phi) is 5.12. The van der Waals surface area contributed by atoms with E-state index in [9.17, 15) is 23.6 Å². The van der Waals surface area contributed by atoms with Crippen molar-refractivity contribution in [1.82, 2.24) is 15.5 Å². The average Bonchev–Trinajstić information content (AvgIpc) is 2.72. The third-order valence-corrected chi connectivity index (χ3v) is 3.44. The van der Waals surface area contributed by atoms with Crippen LogP contribution in [0.4, 0.5) is 19.7 Å². The Morgan fingerprint density at radius 2 is 1.83 bits per heavy atom. The van der Waals surface area contributed by atoms with Crippen molar-refractivity contribution in [3.8, 4) is 0 Å². The molecule has 0 saturated carbocycles. The molecule has 2 N–H and O–H groups in total. The van der Waals surface area contributed by atoms with Crippen molar-refractivity contribution < 1.29 is 23.6 Å². The number of urea groups is 2. The maximum Gasteiger partial charge on any atom is 0.332 e. The quantitative estimate of drug-likeness (QED) is 0.796. The number of hydrogen-bond acceptors (Lipinski definition) is 4. The molecule has 0 aromatic heterocycles. The predicted molar refractivity (Wildman–Crippen MR) is 82.7 cm³/mol. The fraction of sp³-hybridized carbons (Fsp3) is 0.333. The van der Waals surface area contributed by atoms with E-state index >= 15 is 0 Å². The van der Waals surface area contributed by atoms with Crippen LogP contribution < -0.4 is 15.5 Å². The van der Waals surface area contributed by atoms with Crippen LogP contribution in [-0.4, -0.2) is 47.9 Å². The molecule has 1 fully saturated rings. The average molecular weight is 336 g/mol. The fourth-order valence-electron chi connectivity index (χ4n) is 2.32. The van der Waals surface area contributed by atoms with Gasteiger partial charge in [0.1, 0.15) is 18.4 Å². The van der Waals surface area contributed by atoms with Gasteiger partial charge in [-0.05, 0) is 38.1 Å². The molecule has 0 bridgehead atoms. The minimum absolute atomic E-state index is 0.329. The predicted octanol–water partition coefficient (Wildman–Crippen LogP) is 0.829. The molecule has 1 aliphatic heterocycles. The van der Waals surface area contributed by atoms with Crippen molar-refractivity contribution in [2.45, 2.75) is 19.9 Å². The number of hydrogen-bond donors (Lipinski definition) is 2. The summed E-state index contributed by atoms with van der Waals surface area (Å²) in [7, 11) is 0. The lowest BCUT2D eigenvalue weighted by Gasteiger charge is -2.19. The number of amides is 6. The van der Waals surface area contributed by atoms with E-state index in [0.717, 1.165) is 4.90 Å². The van der Waals surface area contributed by atoms with Crippen LogP contribution in [0.1, 0.15) is 13.8 Å². The molecule has 1 aromatic rings. The highest BCUT2D eigenvalue weighted by atomic mass is 19.1. The highest BCUT2D eigenvalue weighted by Crippen LogP contribution is 2.25. The van der Waals surface area contributed by atoms with E-state index in [-0.39, 0.29) is 0 Å². The minimum atomic E-state index is -0.833. The maximum absolute atomic E-state index is 13.0. The monoisotopic (exact) mass is 336 g/mol. The van der Waals surface area contributed by atoms with Crippen molar-refractivity contribution in [2.75, 3.05) is 18.0 Å². The molecule has 9 heteroatoms. The molecule has 6 amide bonds. The Morgan fingerprint density at radius 1 is 1.21 bits per heavy atom. The number of nitrogens with one attached hydrogen (secondary N) is 2. The molecule has 128 valence electrons. The van der Waals surface area contributed by atoms with Crippen LogP contribution in [-0.2, 0) is 9.59 Å². The van der Waals surface area contributed by atoms with Crippen molar-refractivity contribution in [3.63, 3.8) is 0 Å². The van der Waals surface area contributed by atoms with Gasteiger partial charge in [-0.1, -0.05) is 0 Å². The van der Waals surface area contributed by atoms with Crippen LogP contribution in [0.2, 0.25) is 0 Å². The van der Waals surface area contributed by atoms with Crippen LogP contribution >= 0.6 is 0 Å². The summed E-state index contributed by atoms with van der Waals surface area (Å²) in [6.07, 6.45) is 0. The first-order chi connectivity index (χ1) is 11.3. The number of imide groups is 2. The summed E-state index contributed by atoms with van der Waals surface area (Å²) in [5, 5.41) is 4.39. The molecule has 2 rings (SSSR count). The lowest BCUT2D eigenvalue weighted by atomic mass is 10.2. The molecular weight excluding hydrogens is 319 g/mol. The normalized spacial score (nSPS) is 17.2. The summed E-state index contributed by atoms with van der Waals surface area (Å²) >= 11 is 0. The van der Waals surface area contributed by atoms with E-state index in [1.54, 1.807) is 6.92 Å². The molecule has 0 unspecified atom stereocenters. The molecule has 0 radical (unpaired) electrons. The number of nitrogens with zero attached hydrogens (tertiary/aromatic N) is 2. The molecular formula is C15H17FN4O4. The molecule has 1 aromatic carbocycles. The van der Waals surface area contributed by atoms with Gasteiger partial charge >= 0.3 is 12.1 Å². The largest absolute Gasteiger partial charge is 0.338 e. The van der Waals surface area contributed by atoms with Gasteiger partial charge in [-0.3, -0.25) is 24.7 Å². The van der Waals surface area contributed by atoms with Crippen LogP contribution in [0.15, 0.2) is 24.3 Å². The Balaban J connectivity index is 2.11. The summed E-state index contributed by atoms with van der Waals surface area (Å²) < 4.78 is 13.0. The first kappa shape index (κ1) is 17.4. The zero-order chi connectivity index (χ0) is 17.9. The van der Waals surface area contributed by atoms with Gasteiger partial charge in [0.25, 0.3) is 5.91 Å². The molecule has 8 nitrogen and oxygen atoms in total. The van der Waals surface area contributed by atoms with Crippen molar-refractivity contribution >= 4 is 29.6 Å². The highest BCUT2D eigenvalue weighted by Gasteiger charge is 2.44. The SMILES string of the molecule is CCNC(=O)NC(=O)CN1C(=O)[C@@H](C)N(c2ccc(F)cc2)C1=O. The second-order valence-corrected chi connectivity index (χ2v) is 5.14. The van der Waals surface area contributed by atoms with Gasteiger partial charge < -0.3 is 5.32 Å². The Hall–Kier alpha value is -2.97. The van der Waals surface area contributed by atoms with Gasteiger partial charge in [0.05, 0.1) is 0 Å². The van der Waals surface area contributed by atoms with E-state index in [1.807, 2.05) is 5.32 Å². The van der Waals surface area contributed by atoms with Crippen molar-refractivity contribution in [2.24, 2.45) is 0 Å². The summed E-state index contributed by atoms with van der Waals surface area (Å²) in [6, 6.07) is 2.84. The van der Waals surface area contributed by atoms with Gasteiger partial charge in [-0.25, -0.2) is 14.0 Å². The van der Waals surface area contributed by atoms with E-state index in [4.69, 9.17) is 0 Å². The number of carbonyl (C=O) groups is 4. The number of anilines is 1. The van der Waals surface area contributed by atoms with Gasteiger partial charge in [0.2, 0.25) is 5.91 Å². The summed E-state index contributed by atoms with van der Waals surface area (Å²) in [5.41, 5.74) is 0.342. The number of halogens is 1. The van der Waals surface area contributed by atoms with E-state index in [1.165, 1.54) is 36.1 Å². The molecule has 0 spiro atoms. The fourth-order valence-corrected chi connectivity index (χ4v) is 2.32. The topological polar surface area (TPSA) is 98.8 Å². The Morgan fingerprint density at radius 3 is 2.42 bits per heavy atom.